The standard InChI is InChI=1S/C15H17F3N6O/c16-15(17,18)25-11-3-1-2-10(8-11)23-4-6-24(7-5-23)12-9-21-14(20)22-13(12)19/h1-3,8-9H,4-7H2,(H4,19,20,21,22). The minimum Gasteiger partial charge on any atom is -0.406 e. The highest BCUT2D eigenvalue weighted by Gasteiger charge is 2.31. The van der Waals surface area contributed by atoms with Gasteiger partial charge in [-0.1, -0.05) is 6.07 Å². The Morgan fingerprint density at radius 2 is 1.72 bits per heavy atom. The number of halogens is 3. The Balaban J connectivity index is 1.67. The number of nitrogen functional groups attached to an aromatic ring is 2. The molecule has 1 aliphatic heterocycles. The van der Waals surface area contributed by atoms with Crippen molar-refractivity contribution in [2.24, 2.45) is 0 Å². The zero-order chi connectivity index (χ0) is 18.0. The van der Waals surface area contributed by atoms with Gasteiger partial charge in [-0.2, -0.15) is 4.98 Å². The first kappa shape index (κ1) is 16.9. The van der Waals surface area contributed by atoms with E-state index < -0.39 is 6.36 Å². The summed E-state index contributed by atoms with van der Waals surface area (Å²) in [7, 11) is 0. The molecule has 1 fully saturated rings. The first-order valence-electron chi connectivity index (χ1n) is 7.55. The van der Waals surface area contributed by atoms with E-state index in [2.05, 4.69) is 14.7 Å². The fraction of sp³-hybridized carbons (Fsp3) is 0.333. The van der Waals surface area contributed by atoms with Crippen LogP contribution in [0.3, 0.4) is 0 Å². The van der Waals surface area contributed by atoms with Crippen LogP contribution < -0.4 is 26.0 Å². The van der Waals surface area contributed by atoms with Crippen molar-refractivity contribution in [2.75, 3.05) is 47.4 Å². The highest BCUT2D eigenvalue weighted by atomic mass is 19.4. The molecule has 7 nitrogen and oxygen atoms in total. The lowest BCUT2D eigenvalue weighted by molar-refractivity contribution is -0.274. The fourth-order valence-corrected chi connectivity index (χ4v) is 2.73. The summed E-state index contributed by atoms with van der Waals surface area (Å²) < 4.78 is 41.0. The topological polar surface area (TPSA) is 93.5 Å². The van der Waals surface area contributed by atoms with Crippen LogP contribution in [0, 0.1) is 0 Å². The van der Waals surface area contributed by atoms with Crippen LogP contribution in [0.4, 0.5) is 36.3 Å². The molecule has 10 heteroatoms. The van der Waals surface area contributed by atoms with Crippen molar-refractivity contribution in [3.63, 3.8) is 0 Å². The average Bonchev–Trinajstić information content (AvgIpc) is 2.54. The van der Waals surface area contributed by atoms with E-state index in [1.807, 2.05) is 9.80 Å². The Hall–Kier alpha value is -2.91. The number of rotatable bonds is 3. The van der Waals surface area contributed by atoms with E-state index in [1.165, 1.54) is 18.2 Å². The second-order valence-electron chi connectivity index (χ2n) is 5.52. The molecule has 0 amide bonds. The van der Waals surface area contributed by atoms with Crippen molar-refractivity contribution in [2.45, 2.75) is 6.36 Å². The predicted octanol–water partition coefficient (Wildman–Crippen LogP) is 1.87. The van der Waals surface area contributed by atoms with Gasteiger partial charge in [-0.25, -0.2) is 4.98 Å². The molecular weight excluding hydrogens is 337 g/mol. The van der Waals surface area contributed by atoms with Gasteiger partial charge < -0.3 is 26.0 Å². The molecule has 0 unspecified atom stereocenters. The third-order valence-corrected chi connectivity index (χ3v) is 3.85. The molecule has 0 bridgehead atoms. The monoisotopic (exact) mass is 354 g/mol. The number of ether oxygens (including phenoxy) is 1. The van der Waals surface area contributed by atoms with Gasteiger partial charge >= 0.3 is 6.36 Å². The Kier molecular flexibility index (Phi) is 4.43. The van der Waals surface area contributed by atoms with Crippen molar-refractivity contribution in [3.8, 4) is 5.75 Å². The van der Waals surface area contributed by atoms with Crippen LogP contribution in [-0.4, -0.2) is 42.5 Å². The fourth-order valence-electron chi connectivity index (χ4n) is 2.73. The summed E-state index contributed by atoms with van der Waals surface area (Å²) in [5, 5.41) is 0. The molecule has 0 atom stereocenters. The molecule has 134 valence electrons. The summed E-state index contributed by atoms with van der Waals surface area (Å²) in [6, 6.07) is 5.94. The van der Waals surface area contributed by atoms with E-state index in [1.54, 1.807) is 12.3 Å². The number of hydrogen-bond acceptors (Lipinski definition) is 7. The smallest absolute Gasteiger partial charge is 0.406 e. The summed E-state index contributed by atoms with van der Waals surface area (Å²) in [6.07, 6.45) is -3.13. The molecule has 0 spiro atoms. The lowest BCUT2D eigenvalue weighted by Crippen LogP contribution is -2.46. The average molecular weight is 354 g/mol. The maximum Gasteiger partial charge on any atom is 0.573 e. The molecule has 0 radical (unpaired) electrons. The molecule has 1 aliphatic rings. The van der Waals surface area contributed by atoms with E-state index in [-0.39, 0.29) is 11.7 Å². The largest absolute Gasteiger partial charge is 0.573 e. The first-order chi connectivity index (χ1) is 11.8. The van der Waals surface area contributed by atoms with Gasteiger partial charge in [-0.15, -0.1) is 13.2 Å². The summed E-state index contributed by atoms with van der Waals surface area (Å²) in [6.45, 7) is 2.47. The highest BCUT2D eigenvalue weighted by molar-refractivity contribution is 5.64. The van der Waals surface area contributed by atoms with E-state index in [4.69, 9.17) is 11.5 Å². The van der Waals surface area contributed by atoms with Crippen molar-refractivity contribution in [1.82, 2.24) is 9.97 Å². The number of nitrogens with two attached hydrogens (primary N) is 2. The molecule has 1 aromatic heterocycles. The van der Waals surface area contributed by atoms with E-state index in [0.29, 0.717) is 43.4 Å². The zero-order valence-electron chi connectivity index (χ0n) is 13.2. The van der Waals surface area contributed by atoms with Gasteiger partial charge in [0.15, 0.2) is 5.82 Å². The van der Waals surface area contributed by atoms with Crippen LogP contribution >= 0.6 is 0 Å². The van der Waals surface area contributed by atoms with Crippen LogP contribution in [0.5, 0.6) is 5.75 Å². The Labute approximate surface area is 142 Å². The van der Waals surface area contributed by atoms with Crippen molar-refractivity contribution < 1.29 is 17.9 Å². The molecule has 3 rings (SSSR count). The van der Waals surface area contributed by atoms with Crippen LogP contribution in [0.25, 0.3) is 0 Å². The maximum atomic E-state index is 12.3. The highest BCUT2D eigenvalue weighted by Crippen LogP contribution is 2.28. The molecule has 0 saturated carbocycles. The number of aromatic nitrogens is 2. The van der Waals surface area contributed by atoms with Crippen molar-refractivity contribution in [1.29, 1.82) is 0 Å². The number of piperazine rings is 1. The van der Waals surface area contributed by atoms with Gasteiger partial charge in [0.05, 0.1) is 11.9 Å². The molecule has 1 saturated heterocycles. The summed E-state index contributed by atoms with van der Waals surface area (Å²) in [5.74, 6) is 0.187. The number of nitrogens with zero attached hydrogens (tertiary/aromatic N) is 4. The van der Waals surface area contributed by atoms with E-state index in [0.717, 1.165) is 0 Å². The molecule has 4 N–H and O–H groups in total. The van der Waals surface area contributed by atoms with Crippen LogP contribution in [0.2, 0.25) is 0 Å². The molecule has 0 aliphatic carbocycles. The van der Waals surface area contributed by atoms with E-state index in [9.17, 15) is 13.2 Å². The van der Waals surface area contributed by atoms with Gasteiger partial charge in [0, 0.05) is 37.9 Å². The van der Waals surface area contributed by atoms with Gasteiger partial charge in [-0.3, -0.25) is 0 Å². The first-order valence-corrected chi connectivity index (χ1v) is 7.55. The second kappa shape index (κ2) is 6.54. The minimum absolute atomic E-state index is 0.112. The number of hydrogen-bond donors (Lipinski definition) is 2. The van der Waals surface area contributed by atoms with Crippen molar-refractivity contribution in [3.05, 3.63) is 30.5 Å². The van der Waals surface area contributed by atoms with Gasteiger partial charge in [-0.05, 0) is 12.1 Å². The SMILES string of the molecule is Nc1ncc(N2CCN(c3cccc(OC(F)(F)F)c3)CC2)c(N)n1. The predicted molar refractivity (Wildman–Crippen MR) is 88.4 cm³/mol. The van der Waals surface area contributed by atoms with Gasteiger partial charge in [0.1, 0.15) is 5.75 Å². The van der Waals surface area contributed by atoms with Crippen molar-refractivity contribution >= 4 is 23.1 Å². The third-order valence-electron chi connectivity index (χ3n) is 3.85. The summed E-state index contributed by atoms with van der Waals surface area (Å²) in [4.78, 5) is 11.9. The van der Waals surface area contributed by atoms with E-state index >= 15 is 0 Å². The Morgan fingerprint density at radius 3 is 2.36 bits per heavy atom. The summed E-state index contributed by atoms with van der Waals surface area (Å²) >= 11 is 0. The Bertz CT molecular complexity index is 746. The van der Waals surface area contributed by atoms with Gasteiger partial charge in [0.2, 0.25) is 5.95 Å². The third kappa shape index (κ3) is 4.14. The van der Waals surface area contributed by atoms with Crippen LogP contribution in [0.15, 0.2) is 30.5 Å². The quantitative estimate of drug-likeness (QED) is 0.869. The molecule has 1 aromatic carbocycles. The Morgan fingerprint density at radius 1 is 1.04 bits per heavy atom. The number of benzene rings is 1. The molecule has 2 heterocycles. The molecule has 2 aromatic rings. The minimum atomic E-state index is -4.70. The second-order valence-corrected chi connectivity index (χ2v) is 5.52. The lowest BCUT2D eigenvalue weighted by Gasteiger charge is -2.37. The lowest BCUT2D eigenvalue weighted by atomic mass is 10.2. The normalized spacial score (nSPS) is 15.3. The zero-order valence-corrected chi connectivity index (χ0v) is 13.2. The molecular formula is C15H17F3N6O. The van der Waals surface area contributed by atoms with Crippen LogP contribution in [0.1, 0.15) is 0 Å². The summed E-state index contributed by atoms with van der Waals surface area (Å²) in [5.41, 5.74) is 12.7. The number of anilines is 4. The van der Waals surface area contributed by atoms with Crippen LogP contribution in [-0.2, 0) is 0 Å². The van der Waals surface area contributed by atoms with Gasteiger partial charge in [0.25, 0.3) is 0 Å². The maximum absolute atomic E-state index is 12.3. The number of alkyl halides is 3. The molecule has 25 heavy (non-hydrogen) atoms.